The number of anilines is 2. The van der Waals surface area contributed by atoms with E-state index in [1.807, 2.05) is 17.1 Å². The fourth-order valence-electron chi connectivity index (χ4n) is 5.79. The van der Waals surface area contributed by atoms with E-state index >= 15 is 0 Å². The van der Waals surface area contributed by atoms with E-state index in [2.05, 4.69) is 101 Å². The van der Waals surface area contributed by atoms with E-state index in [4.69, 9.17) is 0 Å². The lowest BCUT2D eigenvalue weighted by Crippen LogP contribution is -2.52. The second-order valence-electron chi connectivity index (χ2n) is 9.46. The second kappa shape index (κ2) is 10.2. The fraction of sp³-hybridized carbons (Fsp3) is 0.367. The van der Waals surface area contributed by atoms with Crippen LogP contribution in [-0.2, 0) is 10.2 Å². The van der Waals surface area contributed by atoms with Gasteiger partial charge in [-0.25, -0.2) is 10.0 Å². The summed E-state index contributed by atoms with van der Waals surface area (Å²) >= 11 is 0. The van der Waals surface area contributed by atoms with Crippen LogP contribution in [0.1, 0.15) is 31.4 Å². The van der Waals surface area contributed by atoms with Crippen LogP contribution in [0.4, 0.5) is 11.4 Å². The van der Waals surface area contributed by atoms with Gasteiger partial charge >= 0.3 is 0 Å². The molecule has 3 aromatic carbocycles. The summed E-state index contributed by atoms with van der Waals surface area (Å²) in [5.41, 5.74) is 3.87. The highest BCUT2D eigenvalue weighted by atomic mass is 16.2. The highest BCUT2D eigenvalue weighted by Gasteiger charge is 2.53. The number of carbonyl (C=O) groups is 1. The molecule has 2 aliphatic rings. The Balaban J connectivity index is 1.43. The van der Waals surface area contributed by atoms with E-state index < -0.39 is 5.41 Å². The van der Waals surface area contributed by atoms with E-state index in [0.717, 1.165) is 69.0 Å². The number of para-hydroxylation sites is 2. The average Bonchev–Trinajstić information content (AvgIpc) is 3.18. The van der Waals surface area contributed by atoms with Gasteiger partial charge in [0.15, 0.2) is 0 Å². The Labute approximate surface area is 209 Å². The third kappa shape index (κ3) is 4.24. The van der Waals surface area contributed by atoms with Crippen molar-refractivity contribution in [2.24, 2.45) is 0 Å². The number of fused-ring (bicyclic) bond motifs is 1. The van der Waals surface area contributed by atoms with Crippen LogP contribution in [0.5, 0.6) is 0 Å². The molecule has 5 rings (SSSR count). The molecule has 2 heterocycles. The first kappa shape index (κ1) is 23.6. The molecule has 1 atom stereocenters. The number of benzene rings is 3. The molecule has 0 radical (unpaired) electrons. The third-order valence-corrected chi connectivity index (χ3v) is 7.73. The van der Waals surface area contributed by atoms with Crippen LogP contribution in [0.25, 0.3) is 0 Å². The zero-order valence-electron chi connectivity index (χ0n) is 20.9. The van der Waals surface area contributed by atoms with E-state index in [9.17, 15) is 4.79 Å². The molecule has 0 spiro atoms. The Bertz CT molecular complexity index is 1120. The lowest BCUT2D eigenvalue weighted by molar-refractivity contribution is -0.125. The van der Waals surface area contributed by atoms with Crippen molar-refractivity contribution < 1.29 is 4.79 Å². The quantitative estimate of drug-likeness (QED) is 0.476. The smallest absolute Gasteiger partial charge is 0.256 e. The van der Waals surface area contributed by atoms with Crippen molar-refractivity contribution in [1.82, 2.24) is 9.91 Å². The molecule has 5 heteroatoms. The minimum atomic E-state index is -0.670. The van der Waals surface area contributed by atoms with Crippen LogP contribution in [0.2, 0.25) is 0 Å². The molecule has 0 aromatic heterocycles. The van der Waals surface area contributed by atoms with Crippen LogP contribution in [0.3, 0.4) is 0 Å². The highest BCUT2D eigenvalue weighted by Crippen LogP contribution is 2.49. The van der Waals surface area contributed by atoms with E-state index in [1.54, 1.807) is 0 Å². The fourth-order valence-corrected chi connectivity index (χ4v) is 5.79. The third-order valence-electron chi connectivity index (χ3n) is 7.73. The van der Waals surface area contributed by atoms with Crippen LogP contribution in [-0.4, -0.2) is 61.6 Å². The molecule has 1 fully saturated rings. The molecule has 1 saturated heterocycles. The van der Waals surface area contributed by atoms with Crippen molar-refractivity contribution >= 4 is 17.3 Å². The maximum atomic E-state index is 14.4. The Morgan fingerprint density at radius 3 is 2.03 bits per heavy atom. The van der Waals surface area contributed by atoms with Crippen molar-refractivity contribution in [2.45, 2.75) is 25.7 Å². The van der Waals surface area contributed by atoms with Crippen molar-refractivity contribution in [2.75, 3.05) is 55.7 Å². The van der Waals surface area contributed by atoms with Crippen molar-refractivity contribution in [3.05, 3.63) is 96.1 Å². The molecule has 0 saturated carbocycles. The first-order valence-corrected chi connectivity index (χ1v) is 13.0. The predicted molar refractivity (Wildman–Crippen MR) is 144 cm³/mol. The summed E-state index contributed by atoms with van der Waals surface area (Å²) in [5, 5.41) is 4.11. The predicted octanol–water partition coefficient (Wildman–Crippen LogP) is 4.79. The number of hydrogen-bond acceptors (Lipinski definition) is 4. The summed E-state index contributed by atoms with van der Waals surface area (Å²) < 4.78 is 0. The molecular weight excluding hydrogens is 432 g/mol. The van der Waals surface area contributed by atoms with Gasteiger partial charge in [0.2, 0.25) is 0 Å². The van der Waals surface area contributed by atoms with Crippen LogP contribution in [0, 0.1) is 0 Å². The molecular formula is C30H36N4O. The van der Waals surface area contributed by atoms with Gasteiger partial charge in [-0.15, -0.1) is 0 Å². The molecule has 1 amide bonds. The summed E-state index contributed by atoms with van der Waals surface area (Å²) in [6.07, 6.45) is 0.774. The van der Waals surface area contributed by atoms with Crippen molar-refractivity contribution in [3.8, 4) is 0 Å². The number of rotatable bonds is 8. The van der Waals surface area contributed by atoms with Crippen LogP contribution in [0.15, 0.2) is 84.9 Å². The van der Waals surface area contributed by atoms with Gasteiger partial charge in [0.05, 0.1) is 5.69 Å². The van der Waals surface area contributed by atoms with Crippen LogP contribution < -0.4 is 9.91 Å². The van der Waals surface area contributed by atoms with Gasteiger partial charge < -0.3 is 4.90 Å². The molecule has 2 aliphatic heterocycles. The lowest BCUT2D eigenvalue weighted by Gasteiger charge is -2.38. The summed E-state index contributed by atoms with van der Waals surface area (Å²) in [6, 6.07) is 29.5. The molecule has 182 valence electrons. The molecule has 3 aromatic rings. The van der Waals surface area contributed by atoms with Crippen molar-refractivity contribution in [1.29, 1.82) is 0 Å². The zero-order chi connectivity index (χ0) is 24.3. The topological polar surface area (TPSA) is 30.0 Å². The molecule has 0 aliphatic carbocycles. The molecule has 0 N–H and O–H groups in total. The maximum absolute atomic E-state index is 14.4. The standard InChI is InChI=1S/C30H36N4O/c1-3-33(4-2)34-28-18-12-11-17-27(28)30(29(34)35,25-13-7-5-8-14-25)19-20-31-21-23-32(24-22-31)26-15-9-6-10-16-26/h5-18H,3-4,19-24H2,1-2H3. The normalized spacial score (nSPS) is 20.5. The largest absolute Gasteiger partial charge is 0.369 e. The molecule has 0 bridgehead atoms. The Kier molecular flexibility index (Phi) is 6.89. The number of hydrazine groups is 1. The number of piperazine rings is 1. The SMILES string of the molecule is CCN(CC)N1C(=O)C(CCN2CCN(c3ccccc3)CC2)(c2ccccc2)c2ccccc21. The van der Waals surface area contributed by atoms with Crippen LogP contribution >= 0.6 is 0 Å². The van der Waals surface area contributed by atoms with Gasteiger partial charge in [-0.3, -0.25) is 9.69 Å². The van der Waals surface area contributed by atoms with Gasteiger partial charge in [-0.05, 0) is 42.3 Å². The number of hydrogen-bond donors (Lipinski definition) is 0. The average molecular weight is 469 g/mol. The van der Waals surface area contributed by atoms with Crippen molar-refractivity contribution in [3.63, 3.8) is 0 Å². The Morgan fingerprint density at radius 1 is 0.771 bits per heavy atom. The monoisotopic (exact) mass is 468 g/mol. The highest BCUT2D eigenvalue weighted by molar-refractivity contribution is 6.09. The summed E-state index contributed by atoms with van der Waals surface area (Å²) in [5.74, 6) is 0.177. The van der Waals surface area contributed by atoms with E-state index in [-0.39, 0.29) is 5.91 Å². The second-order valence-corrected chi connectivity index (χ2v) is 9.46. The Hall–Kier alpha value is -3.15. The lowest BCUT2D eigenvalue weighted by atomic mass is 9.72. The number of nitrogens with zero attached hydrogens (tertiary/aromatic N) is 4. The van der Waals surface area contributed by atoms with Gasteiger partial charge in [-0.1, -0.05) is 80.6 Å². The first-order valence-electron chi connectivity index (χ1n) is 13.0. The minimum Gasteiger partial charge on any atom is -0.369 e. The summed E-state index contributed by atoms with van der Waals surface area (Å²) in [6.45, 7) is 10.8. The summed E-state index contributed by atoms with van der Waals surface area (Å²) in [4.78, 5) is 19.4. The number of carbonyl (C=O) groups excluding carboxylic acids is 1. The van der Waals surface area contributed by atoms with E-state index in [0.29, 0.717) is 0 Å². The Morgan fingerprint density at radius 2 is 1.37 bits per heavy atom. The summed E-state index contributed by atoms with van der Waals surface area (Å²) in [7, 11) is 0. The van der Waals surface area contributed by atoms with Gasteiger partial charge in [-0.2, -0.15) is 0 Å². The molecule has 1 unspecified atom stereocenters. The zero-order valence-corrected chi connectivity index (χ0v) is 20.9. The maximum Gasteiger partial charge on any atom is 0.256 e. The van der Waals surface area contributed by atoms with E-state index in [1.165, 1.54) is 5.69 Å². The van der Waals surface area contributed by atoms with Gasteiger partial charge in [0.1, 0.15) is 5.41 Å². The van der Waals surface area contributed by atoms with Gasteiger partial charge in [0.25, 0.3) is 5.91 Å². The molecule has 5 nitrogen and oxygen atoms in total. The van der Waals surface area contributed by atoms with Gasteiger partial charge in [0, 0.05) is 45.0 Å². The minimum absolute atomic E-state index is 0.177. The molecule has 35 heavy (non-hydrogen) atoms. The number of amides is 1. The first-order chi connectivity index (χ1) is 17.2.